The zero-order chi connectivity index (χ0) is 24.7. The van der Waals surface area contributed by atoms with Crippen molar-refractivity contribution in [3.05, 3.63) is 65.9 Å². The average molecular weight is 467 g/mol. The number of para-hydroxylation sites is 3. The number of nitrogens with zero attached hydrogens (tertiary/aromatic N) is 3. The zero-order valence-corrected chi connectivity index (χ0v) is 20.8. The Balaban J connectivity index is 2.06. The Bertz CT molecular complexity index is 1090. The molecule has 1 N–H and O–H groups in total. The van der Waals surface area contributed by atoms with Crippen molar-refractivity contribution in [3.63, 3.8) is 0 Å². The normalized spacial score (nSPS) is 11.2. The lowest BCUT2D eigenvalue weighted by atomic mass is 10.1. The fraction of sp³-hybridized carbons (Fsp3) is 0.385. The second-order valence-corrected chi connectivity index (χ2v) is 8.96. The first-order valence-electron chi connectivity index (χ1n) is 11.2. The molecule has 3 rings (SSSR count). The number of ether oxygens (including phenoxy) is 3. The van der Waals surface area contributed by atoms with Crippen LogP contribution < -0.4 is 14.8 Å². The first-order valence-corrected chi connectivity index (χ1v) is 11.2. The van der Waals surface area contributed by atoms with Gasteiger partial charge in [-0.05, 0) is 52.0 Å². The predicted molar refractivity (Wildman–Crippen MR) is 132 cm³/mol. The van der Waals surface area contributed by atoms with E-state index in [4.69, 9.17) is 19.3 Å². The van der Waals surface area contributed by atoms with Crippen molar-refractivity contribution in [1.82, 2.24) is 20.0 Å². The van der Waals surface area contributed by atoms with Gasteiger partial charge in [0.1, 0.15) is 0 Å². The number of benzene rings is 2. The molecular formula is C26H34N4O4. The average Bonchev–Trinajstić information content (AvgIpc) is 3.11. The zero-order valence-electron chi connectivity index (χ0n) is 20.8. The molecule has 1 heterocycles. The van der Waals surface area contributed by atoms with Gasteiger partial charge >= 0.3 is 6.03 Å². The number of nitrogens with one attached hydrogen (secondary N) is 1. The first-order chi connectivity index (χ1) is 16.2. The maximum atomic E-state index is 13.1. The Morgan fingerprint density at radius 3 is 2.29 bits per heavy atom. The number of hydrogen-bond acceptors (Lipinski definition) is 5. The predicted octanol–water partition coefficient (Wildman–Crippen LogP) is 4.94. The van der Waals surface area contributed by atoms with Crippen LogP contribution in [0.15, 0.2) is 54.6 Å². The molecule has 8 nitrogen and oxygen atoms in total. The van der Waals surface area contributed by atoms with Gasteiger partial charge in [0.25, 0.3) is 0 Å². The third kappa shape index (κ3) is 6.29. The number of hydrogen-bond donors (Lipinski definition) is 1. The number of aromatic nitrogens is 2. The second kappa shape index (κ2) is 11.1. The molecule has 0 spiro atoms. The summed E-state index contributed by atoms with van der Waals surface area (Å²) in [6, 6.07) is 17.0. The molecule has 0 bridgehead atoms. The molecular weight excluding hydrogens is 432 g/mol. The van der Waals surface area contributed by atoms with Crippen molar-refractivity contribution in [3.8, 4) is 23.1 Å². The summed E-state index contributed by atoms with van der Waals surface area (Å²) in [6.07, 6.45) is 0. The topological polar surface area (TPSA) is 77.8 Å². The molecule has 0 saturated carbocycles. The van der Waals surface area contributed by atoms with Crippen LogP contribution in [0.2, 0.25) is 0 Å². The summed E-state index contributed by atoms with van der Waals surface area (Å²) in [7, 11) is 3.22. The third-order valence-electron chi connectivity index (χ3n) is 5.10. The van der Waals surface area contributed by atoms with E-state index in [1.165, 1.54) is 0 Å². The maximum Gasteiger partial charge on any atom is 0.318 e. The molecule has 2 amide bonds. The summed E-state index contributed by atoms with van der Waals surface area (Å²) in [6.45, 7) is 8.90. The number of carbonyl (C=O) groups excluding carboxylic acids is 1. The number of aryl methyl sites for hydroxylation is 1. The van der Waals surface area contributed by atoms with Gasteiger partial charge in [-0.2, -0.15) is 5.10 Å². The molecule has 0 fully saturated rings. The molecule has 3 aromatic rings. The maximum absolute atomic E-state index is 13.1. The molecule has 8 heteroatoms. The minimum absolute atomic E-state index is 0.181. The van der Waals surface area contributed by atoms with Crippen LogP contribution in [0, 0.1) is 6.92 Å². The SMILES string of the molecule is COCCN(Cc1c(C)nn(-c2ccccc2)c1Oc1ccccc1OC)C(=O)NC(C)(C)C. The van der Waals surface area contributed by atoms with Crippen LogP contribution in [0.4, 0.5) is 4.79 Å². The van der Waals surface area contributed by atoms with Gasteiger partial charge in [-0.3, -0.25) is 0 Å². The smallest absolute Gasteiger partial charge is 0.318 e. The third-order valence-corrected chi connectivity index (χ3v) is 5.10. The van der Waals surface area contributed by atoms with Gasteiger partial charge in [0.05, 0.1) is 37.2 Å². The second-order valence-electron chi connectivity index (χ2n) is 8.96. The fourth-order valence-electron chi connectivity index (χ4n) is 3.42. The van der Waals surface area contributed by atoms with Crippen molar-refractivity contribution in [2.45, 2.75) is 39.8 Å². The number of carbonyl (C=O) groups is 1. The molecule has 1 aromatic heterocycles. The molecule has 0 aliphatic heterocycles. The van der Waals surface area contributed by atoms with E-state index in [2.05, 4.69) is 5.32 Å². The van der Waals surface area contributed by atoms with E-state index in [1.807, 2.05) is 82.3 Å². The molecule has 34 heavy (non-hydrogen) atoms. The summed E-state index contributed by atoms with van der Waals surface area (Å²) >= 11 is 0. The van der Waals surface area contributed by atoms with Crippen molar-refractivity contribution in [2.24, 2.45) is 0 Å². The lowest BCUT2D eigenvalue weighted by Gasteiger charge is -2.28. The molecule has 182 valence electrons. The van der Waals surface area contributed by atoms with Gasteiger partial charge in [0.15, 0.2) is 11.5 Å². The van der Waals surface area contributed by atoms with Crippen LogP contribution in [-0.2, 0) is 11.3 Å². The van der Waals surface area contributed by atoms with Crippen molar-refractivity contribution in [1.29, 1.82) is 0 Å². The highest BCUT2D eigenvalue weighted by Crippen LogP contribution is 2.36. The van der Waals surface area contributed by atoms with E-state index in [0.29, 0.717) is 37.1 Å². The minimum Gasteiger partial charge on any atom is -0.493 e. The van der Waals surface area contributed by atoms with E-state index in [-0.39, 0.29) is 11.6 Å². The van der Waals surface area contributed by atoms with Gasteiger partial charge in [0.2, 0.25) is 5.88 Å². The van der Waals surface area contributed by atoms with Crippen molar-refractivity contribution >= 4 is 6.03 Å². The highest BCUT2D eigenvalue weighted by molar-refractivity contribution is 5.75. The number of rotatable bonds is 9. The van der Waals surface area contributed by atoms with Crippen molar-refractivity contribution in [2.75, 3.05) is 27.4 Å². The first kappa shape index (κ1) is 25.1. The summed E-state index contributed by atoms with van der Waals surface area (Å²) in [5.41, 5.74) is 2.04. The monoisotopic (exact) mass is 466 g/mol. The molecule has 0 saturated heterocycles. The van der Waals surface area contributed by atoms with Crippen LogP contribution in [0.1, 0.15) is 32.0 Å². The summed E-state index contributed by atoms with van der Waals surface area (Å²) in [4.78, 5) is 14.8. The summed E-state index contributed by atoms with van der Waals surface area (Å²) < 4.78 is 18.9. The molecule has 2 aromatic carbocycles. The van der Waals surface area contributed by atoms with Crippen LogP contribution >= 0.6 is 0 Å². The van der Waals surface area contributed by atoms with E-state index >= 15 is 0 Å². The Kier molecular flexibility index (Phi) is 8.17. The Morgan fingerprint density at radius 2 is 1.68 bits per heavy atom. The largest absolute Gasteiger partial charge is 0.493 e. The van der Waals surface area contributed by atoms with Gasteiger partial charge in [0, 0.05) is 19.2 Å². The van der Waals surface area contributed by atoms with E-state index in [1.54, 1.807) is 23.8 Å². The minimum atomic E-state index is -0.373. The van der Waals surface area contributed by atoms with Gasteiger partial charge < -0.3 is 24.4 Å². The summed E-state index contributed by atoms with van der Waals surface area (Å²) in [5.74, 6) is 1.69. The Hall–Kier alpha value is -3.52. The van der Waals surface area contributed by atoms with E-state index in [0.717, 1.165) is 16.9 Å². The van der Waals surface area contributed by atoms with Gasteiger partial charge in [-0.15, -0.1) is 0 Å². The Morgan fingerprint density at radius 1 is 1.03 bits per heavy atom. The molecule has 0 atom stereocenters. The van der Waals surface area contributed by atoms with E-state index < -0.39 is 0 Å². The van der Waals surface area contributed by atoms with Gasteiger partial charge in [-0.1, -0.05) is 30.3 Å². The van der Waals surface area contributed by atoms with Crippen LogP contribution in [0.25, 0.3) is 5.69 Å². The molecule has 0 unspecified atom stereocenters. The van der Waals surface area contributed by atoms with Gasteiger partial charge in [-0.25, -0.2) is 9.48 Å². The quantitative estimate of drug-likeness (QED) is 0.483. The number of amides is 2. The molecule has 0 radical (unpaired) electrons. The highest BCUT2D eigenvalue weighted by atomic mass is 16.5. The molecule has 0 aliphatic carbocycles. The standard InChI is InChI=1S/C26H34N4O4/c1-19-21(18-29(16-17-32-5)25(31)27-26(2,3)4)24(30(28-19)20-12-8-7-9-13-20)34-23-15-11-10-14-22(23)33-6/h7-15H,16-18H2,1-6H3,(H,27,31). The lowest BCUT2D eigenvalue weighted by Crippen LogP contribution is -2.49. The van der Waals surface area contributed by atoms with E-state index in [9.17, 15) is 4.79 Å². The Labute approximate surface area is 201 Å². The van der Waals surface area contributed by atoms with Crippen LogP contribution in [0.5, 0.6) is 17.4 Å². The summed E-state index contributed by atoms with van der Waals surface area (Å²) in [5, 5.41) is 7.80. The number of methoxy groups -OCH3 is 2. The van der Waals surface area contributed by atoms with Crippen molar-refractivity contribution < 1.29 is 19.0 Å². The number of urea groups is 1. The van der Waals surface area contributed by atoms with Crippen LogP contribution in [-0.4, -0.2) is 53.6 Å². The lowest BCUT2D eigenvalue weighted by molar-refractivity contribution is 0.142. The highest BCUT2D eigenvalue weighted by Gasteiger charge is 2.26. The molecule has 0 aliphatic rings. The fourth-order valence-corrected chi connectivity index (χ4v) is 3.42. The van der Waals surface area contributed by atoms with Crippen LogP contribution in [0.3, 0.4) is 0 Å².